The molecule has 5 fully saturated rings. The molecule has 19 heteroatoms. The van der Waals surface area contributed by atoms with Crippen molar-refractivity contribution in [1.29, 1.82) is 0 Å². The van der Waals surface area contributed by atoms with Crippen molar-refractivity contribution >= 4 is 45.9 Å². The van der Waals surface area contributed by atoms with Crippen LogP contribution in [0.5, 0.6) is 0 Å². The lowest BCUT2D eigenvalue weighted by Gasteiger charge is -2.37. The second-order valence-electron chi connectivity index (χ2n) is 17.5. The van der Waals surface area contributed by atoms with Crippen molar-refractivity contribution in [3.8, 4) is 11.8 Å². The van der Waals surface area contributed by atoms with Gasteiger partial charge in [0.25, 0.3) is 12.3 Å². The summed E-state index contributed by atoms with van der Waals surface area (Å²) in [7, 11) is 1.68. The summed E-state index contributed by atoms with van der Waals surface area (Å²) in [5, 5.41) is 13.7. The highest BCUT2D eigenvalue weighted by Crippen LogP contribution is 2.36. The number of piperidine rings is 1. The summed E-state index contributed by atoms with van der Waals surface area (Å²) < 4.78 is 40.5. The molecule has 4 aliphatic heterocycles. The molecule has 3 unspecified atom stereocenters. The van der Waals surface area contributed by atoms with Crippen LogP contribution in [0.2, 0.25) is 0 Å². The number of piperazine rings is 1. The number of morpholine rings is 1. The number of hydrogen-bond donors (Lipinski definition) is 2. The van der Waals surface area contributed by atoms with Crippen molar-refractivity contribution < 1.29 is 27.9 Å². The summed E-state index contributed by atoms with van der Waals surface area (Å²) in [6, 6.07) is 7.07. The number of alkyl halides is 2. The zero-order chi connectivity index (χ0) is 43.4. The lowest BCUT2D eigenvalue weighted by Crippen LogP contribution is -2.48. The average Bonchev–Trinajstić information content (AvgIpc) is 4.03. The Kier molecular flexibility index (Phi) is 11.1. The lowest BCUT2D eigenvalue weighted by atomic mass is 9.85. The standard InChI is InChI=1S/C44H50F2N12O5/c1-52-39-28(4-2-6-34(39)58(44(52)62)35-13-14-37(59)50-43(35)61)5-3-16-53-18-20-54(21-19-53)23-27-7-9-29(10-8-27)56-24-33(38(51-56)40(45)46)48-42(60)32-22-47-55-17-15-36(49-41(32)55)57-30-11-12-31(57)26-63-25-30/h2,4,6,15,17,22,24,27,29-31,35,40H,7-14,16,18-21,23,25-26H2,1H3,(H,48,60)(H,50,59,61)/t27-,29-,30?,31?,35?. The molecule has 5 aliphatic rings. The Hall–Kier alpha value is -5.97. The Labute approximate surface area is 361 Å². The van der Waals surface area contributed by atoms with E-state index in [1.54, 1.807) is 24.1 Å². The normalized spacial score (nSPS) is 24.6. The third kappa shape index (κ3) is 7.88. The molecule has 0 radical (unpaired) electrons. The minimum Gasteiger partial charge on any atom is -0.377 e. The number of hydrogen-bond acceptors (Lipinski definition) is 11. The first kappa shape index (κ1) is 41.1. The molecule has 4 aromatic heterocycles. The van der Waals surface area contributed by atoms with Gasteiger partial charge in [0, 0.05) is 58.6 Å². The van der Waals surface area contributed by atoms with E-state index in [0.29, 0.717) is 47.9 Å². The number of carbonyl (C=O) groups excluding carboxylic acids is 3. The number of nitrogens with zero attached hydrogens (tertiary/aromatic N) is 10. The molecule has 17 nitrogen and oxygen atoms in total. The fourth-order valence-corrected chi connectivity index (χ4v) is 10.3. The van der Waals surface area contributed by atoms with E-state index in [2.05, 4.69) is 47.4 Å². The van der Waals surface area contributed by atoms with Crippen LogP contribution in [0.25, 0.3) is 16.7 Å². The number of fused-ring (bicyclic) bond motifs is 4. The largest absolute Gasteiger partial charge is 0.377 e. The Bertz CT molecular complexity index is 2680. The molecule has 1 aliphatic carbocycles. The van der Waals surface area contributed by atoms with Gasteiger partial charge in [0.15, 0.2) is 11.3 Å². The molecule has 1 saturated carbocycles. The SMILES string of the molecule is Cn1c(=O)n(C2CCC(=O)NC2=O)c2cccc(C#CCN3CCN(C[C@H]4CC[C@H](n5cc(NC(=O)c6cnn7ccc(N8C9CCC8COC9)nc67)c(C(F)F)n5)CC4)CC3)c21. The van der Waals surface area contributed by atoms with Crippen molar-refractivity contribution in [3.63, 3.8) is 0 Å². The van der Waals surface area contributed by atoms with Crippen LogP contribution < -0.4 is 21.2 Å². The number of aryl methyl sites for hydroxylation is 1. The van der Waals surface area contributed by atoms with Crippen molar-refractivity contribution in [2.45, 2.75) is 82.0 Å². The highest BCUT2D eigenvalue weighted by atomic mass is 19.3. The third-order valence-electron chi connectivity index (χ3n) is 13.6. The highest BCUT2D eigenvalue weighted by molar-refractivity contribution is 6.08. The Balaban J connectivity index is 0.721. The molecular weight excluding hydrogens is 815 g/mol. The van der Waals surface area contributed by atoms with E-state index in [1.165, 1.54) is 19.8 Å². The highest BCUT2D eigenvalue weighted by Gasteiger charge is 2.39. The Morgan fingerprint density at radius 2 is 1.71 bits per heavy atom. The van der Waals surface area contributed by atoms with Gasteiger partial charge >= 0.3 is 5.69 Å². The topological polar surface area (TPSA) is 169 Å². The van der Waals surface area contributed by atoms with Crippen LogP contribution in [-0.4, -0.2) is 126 Å². The monoisotopic (exact) mass is 864 g/mol. The maximum atomic E-state index is 14.3. The van der Waals surface area contributed by atoms with Gasteiger partial charge in [0.05, 0.1) is 66.4 Å². The van der Waals surface area contributed by atoms with Gasteiger partial charge in [-0.3, -0.25) is 38.4 Å². The molecule has 1 aromatic carbocycles. The number of halogens is 2. The van der Waals surface area contributed by atoms with E-state index in [-0.39, 0.29) is 53.8 Å². The van der Waals surface area contributed by atoms with E-state index in [1.807, 2.05) is 24.3 Å². The molecule has 8 heterocycles. The summed E-state index contributed by atoms with van der Waals surface area (Å²) in [5.41, 5.74) is 1.77. The van der Waals surface area contributed by atoms with Crippen LogP contribution >= 0.6 is 0 Å². The third-order valence-corrected chi connectivity index (χ3v) is 13.6. The Morgan fingerprint density at radius 3 is 2.46 bits per heavy atom. The number of ether oxygens (including phenoxy) is 1. The number of benzene rings is 1. The van der Waals surface area contributed by atoms with Gasteiger partial charge in [-0.15, -0.1) is 0 Å². The number of para-hydroxylation sites is 1. The van der Waals surface area contributed by atoms with Crippen molar-refractivity contribution in [2.24, 2.45) is 13.0 Å². The van der Waals surface area contributed by atoms with Gasteiger partial charge in [-0.05, 0) is 69.1 Å². The lowest BCUT2D eigenvalue weighted by molar-refractivity contribution is -0.135. The minimum absolute atomic E-state index is 0.00653. The molecule has 0 spiro atoms. The van der Waals surface area contributed by atoms with Crippen molar-refractivity contribution in [3.05, 3.63) is 70.2 Å². The summed E-state index contributed by atoms with van der Waals surface area (Å²) in [6.07, 6.45) is 7.85. The number of carbonyl (C=O) groups is 3. The summed E-state index contributed by atoms with van der Waals surface area (Å²) in [6.45, 7) is 6.40. The average molecular weight is 865 g/mol. The molecule has 3 amide bonds. The molecule has 2 N–H and O–H groups in total. The molecule has 3 atom stereocenters. The minimum atomic E-state index is -2.86. The van der Waals surface area contributed by atoms with E-state index >= 15 is 0 Å². The van der Waals surface area contributed by atoms with Crippen LogP contribution in [0, 0.1) is 17.8 Å². The zero-order valence-electron chi connectivity index (χ0n) is 35.1. The van der Waals surface area contributed by atoms with Gasteiger partial charge in [-0.1, -0.05) is 17.9 Å². The van der Waals surface area contributed by atoms with E-state index in [0.717, 1.165) is 77.1 Å². The summed E-state index contributed by atoms with van der Waals surface area (Å²) in [4.78, 5) is 63.1. The quantitative estimate of drug-likeness (QED) is 0.164. The number of rotatable bonds is 9. The molecule has 4 saturated heterocycles. The maximum absolute atomic E-state index is 14.3. The smallest absolute Gasteiger partial charge is 0.329 e. The van der Waals surface area contributed by atoms with Gasteiger partial charge < -0.3 is 19.9 Å². The number of imide groups is 1. The van der Waals surface area contributed by atoms with Crippen molar-refractivity contribution in [1.82, 2.24) is 48.6 Å². The molecule has 5 aromatic rings. The van der Waals surface area contributed by atoms with Crippen LogP contribution in [-0.2, 0) is 21.4 Å². The number of amides is 3. The fraction of sp³-hybridized carbons (Fsp3) is 0.523. The second-order valence-corrected chi connectivity index (χ2v) is 17.5. The van der Waals surface area contributed by atoms with Gasteiger partial charge in [0.1, 0.15) is 17.4 Å². The van der Waals surface area contributed by atoms with Gasteiger partial charge in [-0.25, -0.2) is 23.1 Å². The number of anilines is 2. The first-order chi connectivity index (χ1) is 30.6. The van der Waals surface area contributed by atoms with Crippen LogP contribution in [0.4, 0.5) is 20.3 Å². The first-order valence-corrected chi connectivity index (χ1v) is 22.0. The molecular formula is C44H50F2N12O5. The molecule has 63 heavy (non-hydrogen) atoms. The van der Waals surface area contributed by atoms with Gasteiger partial charge in [-0.2, -0.15) is 10.2 Å². The van der Waals surface area contributed by atoms with Crippen LogP contribution in [0.3, 0.4) is 0 Å². The van der Waals surface area contributed by atoms with E-state index in [4.69, 9.17) is 9.72 Å². The van der Waals surface area contributed by atoms with E-state index < -0.39 is 30.0 Å². The molecule has 2 bridgehead atoms. The van der Waals surface area contributed by atoms with E-state index in [9.17, 15) is 28.0 Å². The van der Waals surface area contributed by atoms with Crippen molar-refractivity contribution in [2.75, 3.05) is 62.7 Å². The first-order valence-electron chi connectivity index (χ1n) is 22.0. The summed E-state index contributed by atoms with van der Waals surface area (Å²) in [5.74, 6) is 6.44. The Morgan fingerprint density at radius 1 is 0.968 bits per heavy atom. The van der Waals surface area contributed by atoms with Gasteiger partial charge in [0.2, 0.25) is 11.8 Å². The molecule has 330 valence electrons. The predicted molar refractivity (Wildman–Crippen MR) is 228 cm³/mol. The number of imidazole rings is 1. The van der Waals surface area contributed by atoms with Crippen LogP contribution in [0.15, 0.2) is 47.7 Å². The number of nitrogens with one attached hydrogen (secondary N) is 2. The maximum Gasteiger partial charge on any atom is 0.329 e. The fourth-order valence-electron chi connectivity index (χ4n) is 10.3. The predicted octanol–water partition coefficient (Wildman–Crippen LogP) is 3.52. The van der Waals surface area contributed by atoms with Crippen LogP contribution in [0.1, 0.15) is 91.5 Å². The number of aromatic nitrogens is 7. The zero-order valence-corrected chi connectivity index (χ0v) is 35.1. The molecule has 10 rings (SSSR count). The second kappa shape index (κ2) is 17.0. The summed E-state index contributed by atoms with van der Waals surface area (Å²) >= 11 is 0.